The summed E-state index contributed by atoms with van der Waals surface area (Å²) in [5, 5.41) is 0. The molecule has 0 rings (SSSR count). The summed E-state index contributed by atoms with van der Waals surface area (Å²) in [6, 6.07) is 0. The molecule has 0 N–H and O–H groups in total. The van der Waals surface area contributed by atoms with Gasteiger partial charge in [-0.25, -0.2) is 4.79 Å². The lowest BCUT2D eigenvalue weighted by atomic mass is 10.1. The van der Waals surface area contributed by atoms with Crippen molar-refractivity contribution < 1.29 is 14.3 Å². The van der Waals surface area contributed by atoms with E-state index in [4.69, 9.17) is 9.47 Å². The van der Waals surface area contributed by atoms with E-state index in [1.54, 1.807) is 13.0 Å². The van der Waals surface area contributed by atoms with E-state index in [1.807, 2.05) is 6.08 Å². The Morgan fingerprint density at radius 1 is 1.38 bits per heavy atom. The minimum atomic E-state index is -0.305. The van der Waals surface area contributed by atoms with Crippen LogP contribution in [0.1, 0.15) is 39.5 Å². The van der Waals surface area contributed by atoms with E-state index in [0.29, 0.717) is 12.2 Å². The lowest BCUT2D eigenvalue weighted by Crippen LogP contribution is -2.09. The van der Waals surface area contributed by atoms with E-state index in [2.05, 4.69) is 13.5 Å². The van der Waals surface area contributed by atoms with E-state index in [9.17, 15) is 4.79 Å². The van der Waals surface area contributed by atoms with Gasteiger partial charge in [0.1, 0.15) is 0 Å². The summed E-state index contributed by atoms with van der Waals surface area (Å²) < 4.78 is 9.84. The van der Waals surface area contributed by atoms with Crippen LogP contribution in [0.5, 0.6) is 0 Å². The fourth-order valence-corrected chi connectivity index (χ4v) is 1.14. The smallest absolute Gasteiger partial charge is 0.335 e. The van der Waals surface area contributed by atoms with Gasteiger partial charge >= 0.3 is 5.97 Å². The van der Waals surface area contributed by atoms with Crippen LogP contribution in [0.3, 0.4) is 0 Å². The quantitative estimate of drug-likeness (QED) is 0.199. The standard InChI is InChI=1S/C13H22O3/c1-4-6-7-8-9-12(3)13(14)16-11-15-10-5-2/h5,9H,2,4,6-8,10-11H2,1,3H3. The van der Waals surface area contributed by atoms with Crippen LogP contribution in [0, 0.1) is 0 Å². The average molecular weight is 226 g/mol. The lowest BCUT2D eigenvalue weighted by Gasteiger charge is -2.04. The third-order valence-corrected chi connectivity index (χ3v) is 2.09. The Balaban J connectivity index is 3.66. The number of unbranched alkanes of at least 4 members (excludes halogenated alkanes) is 3. The zero-order valence-corrected chi connectivity index (χ0v) is 10.3. The molecule has 92 valence electrons. The fraction of sp³-hybridized carbons (Fsp3) is 0.615. The molecule has 0 aliphatic rings. The molecule has 0 fully saturated rings. The maximum atomic E-state index is 11.4. The minimum absolute atomic E-state index is 0.00894. The largest absolute Gasteiger partial charge is 0.435 e. The van der Waals surface area contributed by atoms with Gasteiger partial charge in [0.15, 0.2) is 6.79 Å². The Morgan fingerprint density at radius 2 is 2.12 bits per heavy atom. The highest BCUT2D eigenvalue weighted by Gasteiger charge is 2.04. The number of hydrogen-bond donors (Lipinski definition) is 0. The van der Waals surface area contributed by atoms with E-state index in [1.165, 1.54) is 12.8 Å². The molecule has 0 aromatic heterocycles. The molecule has 0 aromatic rings. The molecule has 0 saturated carbocycles. The van der Waals surface area contributed by atoms with Gasteiger partial charge in [-0.1, -0.05) is 31.9 Å². The Labute approximate surface area is 98.1 Å². The molecule has 0 aliphatic heterocycles. The molecular formula is C13H22O3. The summed E-state index contributed by atoms with van der Waals surface area (Å²) >= 11 is 0. The molecule has 0 bridgehead atoms. The van der Waals surface area contributed by atoms with Crippen LogP contribution in [-0.2, 0) is 14.3 Å². The molecular weight excluding hydrogens is 204 g/mol. The summed E-state index contributed by atoms with van der Waals surface area (Å²) in [5.74, 6) is -0.305. The zero-order valence-electron chi connectivity index (χ0n) is 10.3. The number of carbonyl (C=O) groups is 1. The first-order chi connectivity index (χ1) is 7.72. The average Bonchev–Trinajstić information content (AvgIpc) is 2.29. The molecule has 0 radical (unpaired) electrons. The first kappa shape index (κ1) is 14.9. The van der Waals surface area contributed by atoms with Gasteiger partial charge in [0.05, 0.1) is 6.61 Å². The van der Waals surface area contributed by atoms with Gasteiger partial charge in [-0.2, -0.15) is 0 Å². The normalized spacial score (nSPS) is 11.2. The van der Waals surface area contributed by atoms with Crippen molar-refractivity contribution in [2.75, 3.05) is 13.4 Å². The number of carbonyl (C=O) groups excluding carboxylic acids is 1. The summed E-state index contributed by atoms with van der Waals surface area (Å²) in [7, 11) is 0. The molecule has 0 spiro atoms. The Kier molecular flexibility index (Phi) is 9.72. The third kappa shape index (κ3) is 8.24. The van der Waals surface area contributed by atoms with Crippen molar-refractivity contribution in [2.24, 2.45) is 0 Å². The highest BCUT2D eigenvalue weighted by Crippen LogP contribution is 2.04. The summed E-state index contributed by atoms with van der Waals surface area (Å²) in [6.07, 6.45) is 7.97. The van der Waals surface area contributed by atoms with Crippen molar-refractivity contribution >= 4 is 5.97 Å². The third-order valence-electron chi connectivity index (χ3n) is 2.09. The maximum Gasteiger partial charge on any atom is 0.335 e. The molecule has 3 nitrogen and oxygen atoms in total. The predicted molar refractivity (Wildman–Crippen MR) is 65.0 cm³/mol. The molecule has 0 amide bonds. The number of ether oxygens (including phenoxy) is 2. The van der Waals surface area contributed by atoms with E-state index >= 15 is 0 Å². The van der Waals surface area contributed by atoms with Crippen molar-refractivity contribution in [3.63, 3.8) is 0 Å². The highest BCUT2D eigenvalue weighted by molar-refractivity contribution is 5.87. The second-order valence-corrected chi connectivity index (χ2v) is 3.59. The van der Waals surface area contributed by atoms with Crippen molar-refractivity contribution in [1.82, 2.24) is 0 Å². The monoisotopic (exact) mass is 226 g/mol. The highest BCUT2D eigenvalue weighted by atomic mass is 16.7. The van der Waals surface area contributed by atoms with Crippen LogP contribution in [0.15, 0.2) is 24.3 Å². The molecule has 0 atom stereocenters. The molecule has 0 heterocycles. The summed E-state index contributed by atoms with van der Waals surface area (Å²) in [5.41, 5.74) is 0.651. The Hall–Kier alpha value is -1.09. The van der Waals surface area contributed by atoms with Crippen molar-refractivity contribution in [3.8, 4) is 0 Å². The Bertz CT molecular complexity index is 231. The first-order valence-electron chi connectivity index (χ1n) is 5.74. The summed E-state index contributed by atoms with van der Waals surface area (Å²) in [4.78, 5) is 11.4. The Morgan fingerprint density at radius 3 is 2.75 bits per heavy atom. The van der Waals surface area contributed by atoms with Crippen molar-refractivity contribution in [2.45, 2.75) is 39.5 Å². The van der Waals surface area contributed by atoms with Crippen LogP contribution < -0.4 is 0 Å². The van der Waals surface area contributed by atoms with Crippen LogP contribution in [0.4, 0.5) is 0 Å². The second kappa shape index (κ2) is 10.4. The minimum Gasteiger partial charge on any atom is -0.435 e. The van der Waals surface area contributed by atoms with E-state index in [0.717, 1.165) is 12.8 Å². The number of allylic oxidation sites excluding steroid dienone is 1. The van der Waals surface area contributed by atoms with Gasteiger partial charge in [0.2, 0.25) is 0 Å². The number of hydrogen-bond acceptors (Lipinski definition) is 3. The molecule has 0 aliphatic carbocycles. The van der Waals surface area contributed by atoms with Gasteiger partial charge in [0, 0.05) is 5.57 Å². The van der Waals surface area contributed by atoms with Gasteiger partial charge in [0.25, 0.3) is 0 Å². The van der Waals surface area contributed by atoms with Gasteiger partial charge < -0.3 is 9.47 Å². The molecule has 3 heteroatoms. The van der Waals surface area contributed by atoms with Crippen molar-refractivity contribution in [1.29, 1.82) is 0 Å². The van der Waals surface area contributed by atoms with Gasteiger partial charge in [-0.15, -0.1) is 6.58 Å². The SMILES string of the molecule is C=CCOCOC(=O)C(C)=CCCCCC. The zero-order chi connectivity index (χ0) is 12.2. The first-order valence-corrected chi connectivity index (χ1v) is 5.74. The van der Waals surface area contributed by atoms with Gasteiger partial charge in [-0.3, -0.25) is 0 Å². The van der Waals surface area contributed by atoms with Crippen LogP contribution >= 0.6 is 0 Å². The predicted octanol–water partition coefficient (Wildman–Crippen LogP) is 3.22. The summed E-state index contributed by atoms with van der Waals surface area (Å²) in [6.45, 7) is 7.80. The van der Waals surface area contributed by atoms with Crippen LogP contribution in [-0.4, -0.2) is 19.4 Å². The molecule has 0 aromatic carbocycles. The molecule has 16 heavy (non-hydrogen) atoms. The maximum absolute atomic E-state index is 11.4. The topological polar surface area (TPSA) is 35.5 Å². The van der Waals surface area contributed by atoms with Crippen molar-refractivity contribution in [3.05, 3.63) is 24.3 Å². The number of esters is 1. The lowest BCUT2D eigenvalue weighted by molar-refractivity contribution is -0.150. The van der Waals surface area contributed by atoms with Gasteiger partial charge in [-0.05, 0) is 19.8 Å². The van der Waals surface area contributed by atoms with E-state index < -0.39 is 0 Å². The van der Waals surface area contributed by atoms with Crippen LogP contribution in [0.2, 0.25) is 0 Å². The fourth-order valence-electron chi connectivity index (χ4n) is 1.14. The van der Waals surface area contributed by atoms with E-state index in [-0.39, 0.29) is 12.8 Å². The molecule has 0 saturated heterocycles. The second-order valence-electron chi connectivity index (χ2n) is 3.59. The van der Waals surface area contributed by atoms with Crippen LogP contribution in [0.25, 0.3) is 0 Å². The molecule has 0 unspecified atom stereocenters. The number of rotatable bonds is 9.